The fourth-order valence-electron chi connectivity index (χ4n) is 2.59. The molecule has 2 aliphatic rings. The number of fused-ring (bicyclic) bond motifs is 2. The smallest absolute Gasteiger partial charge is 0.0714 e. The summed E-state index contributed by atoms with van der Waals surface area (Å²) in [7, 11) is 0. The summed E-state index contributed by atoms with van der Waals surface area (Å²) in [5.74, 6) is 0.551. The van der Waals surface area contributed by atoms with Crippen LogP contribution in [0.4, 0.5) is 0 Å². The molecule has 64 valence electrons. The molecule has 3 nitrogen and oxygen atoms in total. The molecule has 1 saturated heterocycles. The number of rotatable bonds is 1. The van der Waals surface area contributed by atoms with Crippen LogP contribution in [-0.2, 0) is 0 Å². The second kappa shape index (κ2) is 2.44. The maximum atomic E-state index is 9.57. The van der Waals surface area contributed by atoms with Crippen molar-refractivity contribution >= 4 is 0 Å². The van der Waals surface area contributed by atoms with E-state index in [1.165, 1.54) is 0 Å². The molecule has 1 heterocycles. The molecule has 0 aromatic rings. The van der Waals surface area contributed by atoms with Crippen LogP contribution in [0.15, 0.2) is 0 Å². The number of hydrogen-bond donors (Lipinski definition) is 2. The van der Waals surface area contributed by atoms with Crippen molar-refractivity contribution in [3.63, 3.8) is 0 Å². The number of nitrogens with two attached hydrogens (primary N) is 1. The summed E-state index contributed by atoms with van der Waals surface area (Å²) in [6.07, 6.45) is 0.756. The normalized spacial score (nSPS) is 50.5. The second-order valence-corrected chi connectivity index (χ2v) is 3.72. The van der Waals surface area contributed by atoms with E-state index in [1.54, 1.807) is 0 Å². The zero-order valence-corrected chi connectivity index (χ0v) is 6.90. The van der Waals surface area contributed by atoms with Crippen LogP contribution >= 0.6 is 0 Å². The van der Waals surface area contributed by atoms with Crippen LogP contribution in [0.3, 0.4) is 0 Å². The molecule has 0 aromatic heterocycles. The van der Waals surface area contributed by atoms with Crippen LogP contribution in [-0.4, -0.2) is 41.3 Å². The quantitative estimate of drug-likeness (QED) is 0.533. The summed E-state index contributed by atoms with van der Waals surface area (Å²) in [5, 5.41) is 9.57. The van der Waals surface area contributed by atoms with Gasteiger partial charge in [0.2, 0.25) is 0 Å². The lowest BCUT2D eigenvalue weighted by molar-refractivity contribution is 0.0585. The van der Waals surface area contributed by atoms with E-state index in [0.29, 0.717) is 5.92 Å². The molecule has 4 atom stereocenters. The van der Waals surface area contributed by atoms with Crippen LogP contribution in [0.25, 0.3) is 0 Å². The van der Waals surface area contributed by atoms with Gasteiger partial charge in [-0.1, -0.05) is 6.92 Å². The standard InChI is InChI=1S/C8H16N2O/c1-2-10-4-5-3-6(11)8(10)7(5)9/h5-8,11H,2-4,9H2,1H3/t5-,6-,7-,8-/m1/s1. The van der Waals surface area contributed by atoms with Crippen molar-refractivity contribution in [1.82, 2.24) is 4.90 Å². The highest BCUT2D eigenvalue weighted by Gasteiger charge is 2.49. The third-order valence-electron chi connectivity index (χ3n) is 3.17. The monoisotopic (exact) mass is 156 g/mol. The van der Waals surface area contributed by atoms with E-state index in [4.69, 9.17) is 5.73 Å². The number of hydrogen-bond acceptors (Lipinski definition) is 3. The van der Waals surface area contributed by atoms with Gasteiger partial charge in [0, 0.05) is 12.6 Å². The maximum absolute atomic E-state index is 9.57. The average molecular weight is 156 g/mol. The van der Waals surface area contributed by atoms with E-state index in [1.807, 2.05) is 0 Å². The number of aliphatic hydroxyl groups excluding tert-OH is 1. The lowest BCUT2D eigenvalue weighted by atomic mass is 10.1. The van der Waals surface area contributed by atoms with Crippen LogP contribution < -0.4 is 5.73 Å². The summed E-state index contributed by atoms with van der Waals surface area (Å²) in [5.41, 5.74) is 5.94. The maximum Gasteiger partial charge on any atom is 0.0714 e. The molecular weight excluding hydrogens is 140 g/mol. The molecule has 11 heavy (non-hydrogen) atoms. The van der Waals surface area contributed by atoms with Crippen molar-refractivity contribution in [2.45, 2.75) is 31.5 Å². The molecule has 3 N–H and O–H groups in total. The SMILES string of the molecule is CCN1C[C@H]2C[C@@H](O)[C@@H]1[C@@H]2N. The molecule has 2 bridgehead atoms. The average Bonchev–Trinajstić information content (AvgIpc) is 2.42. The van der Waals surface area contributed by atoms with E-state index in [-0.39, 0.29) is 18.2 Å². The highest BCUT2D eigenvalue weighted by Crippen LogP contribution is 2.36. The Morgan fingerprint density at radius 1 is 1.64 bits per heavy atom. The Balaban J connectivity index is 2.13. The van der Waals surface area contributed by atoms with Crippen molar-refractivity contribution in [2.75, 3.05) is 13.1 Å². The van der Waals surface area contributed by atoms with Crippen molar-refractivity contribution in [3.05, 3.63) is 0 Å². The zero-order chi connectivity index (χ0) is 8.01. The highest BCUT2D eigenvalue weighted by atomic mass is 16.3. The Labute approximate surface area is 67.2 Å². The summed E-state index contributed by atoms with van der Waals surface area (Å²) in [4.78, 5) is 2.30. The minimum atomic E-state index is -0.163. The van der Waals surface area contributed by atoms with E-state index in [0.717, 1.165) is 19.5 Å². The third kappa shape index (κ3) is 0.916. The first-order valence-electron chi connectivity index (χ1n) is 4.41. The van der Waals surface area contributed by atoms with Gasteiger partial charge in [-0.3, -0.25) is 4.90 Å². The van der Waals surface area contributed by atoms with Gasteiger partial charge < -0.3 is 10.8 Å². The molecule has 2 fully saturated rings. The zero-order valence-electron chi connectivity index (χ0n) is 6.90. The predicted molar refractivity (Wildman–Crippen MR) is 43.1 cm³/mol. The molecule has 3 heteroatoms. The van der Waals surface area contributed by atoms with E-state index >= 15 is 0 Å². The fraction of sp³-hybridized carbons (Fsp3) is 1.00. The Bertz CT molecular complexity index is 162. The highest BCUT2D eigenvalue weighted by molar-refractivity contribution is 5.06. The summed E-state index contributed by atoms with van der Waals surface area (Å²) in [6.45, 7) is 4.24. The molecule has 0 radical (unpaired) electrons. The first-order valence-corrected chi connectivity index (χ1v) is 4.41. The summed E-state index contributed by atoms with van der Waals surface area (Å²) in [6, 6.07) is 0.481. The van der Waals surface area contributed by atoms with Gasteiger partial charge in [0.15, 0.2) is 0 Å². The number of likely N-dealkylation sites (N-methyl/N-ethyl adjacent to an activating group) is 1. The summed E-state index contributed by atoms with van der Waals surface area (Å²) < 4.78 is 0. The molecule has 1 saturated carbocycles. The van der Waals surface area contributed by atoms with E-state index < -0.39 is 0 Å². The fourth-order valence-corrected chi connectivity index (χ4v) is 2.59. The lowest BCUT2D eigenvalue weighted by Crippen LogP contribution is -2.45. The van der Waals surface area contributed by atoms with Gasteiger partial charge in [-0.25, -0.2) is 0 Å². The van der Waals surface area contributed by atoms with Gasteiger partial charge >= 0.3 is 0 Å². The van der Waals surface area contributed by atoms with Crippen molar-refractivity contribution in [1.29, 1.82) is 0 Å². The molecule has 2 rings (SSSR count). The molecule has 1 aliphatic carbocycles. The Morgan fingerprint density at radius 3 is 2.73 bits per heavy atom. The van der Waals surface area contributed by atoms with Crippen LogP contribution in [0.5, 0.6) is 0 Å². The predicted octanol–water partition coefficient (Wildman–Crippen LogP) is -0.601. The number of nitrogens with zero attached hydrogens (tertiary/aromatic N) is 1. The van der Waals surface area contributed by atoms with Crippen molar-refractivity contribution in [2.24, 2.45) is 11.7 Å². The molecule has 0 amide bonds. The third-order valence-corrected chi connectivity index (χ3v) is 3.17. The molecule has 0 unspecified atom stereocenters. The van der Waals surface area contributed by atoms with Crippen LogP contribution in [0.2, 0.25) is 0 Å². The Kier molecular flexibility index (Phi) is 1.67. The minimum Gasteiger partial charge on any atom is -0.391 e. The Morgan fingerprint density at radius 2 is 2.36 bits per heavy atom. The lowest BCUT2D eigenvalue weighted by Gasteiger charge is -2.29. The van der Waals surface area contributed by atoms with Gasteiger partial charge in [-0.15, -0.1) is 0 Å². The first kappa shape index (κ1) is 7.53. The Hall–Kier alpha value is -0.120. The van der Waals surface area contributed by atoms with E-state index in [9.17, 15) is 5.11 Å². The minimum absolute atomic E-state index is 0.163. The van der Waals surface area contributed by atoms with Gasteiger partial charge in [0.05, 0.1) is 12.1 Å². The van der Waals surface area contributed by atoms with E-state index in [2.05, 4.69) is 11.8 Å². The van der Waals surface area contributed by atoms with Gasteiger partial charge in [-0.05, 0) is 18.9 Å². The molecule has 0 spiro atoms. The van der Waals surface area contributed by atoms with Crippen molar-refractivity contribution in [3.8, 4) is 0 Å². The van der Waals surface area contributed by atoms with Gasteiger partial charge in [0.25, 0.3) is 0 Å². The molecule has 0 aromatic carbocycles. The number of piperidine rings is 1. The first-order chi connectivity index (χ1) is 5.24. The number of likely N-dealkylation sites (tertiary alicyclic amines) is 1. The largest absolute Gasteiger partial charge is 0.391 e. The van der Waals surface area contributed by atoms with Crippen LogP contribution in [0, 0.1) is 5.92 Å². The van der Waals surface area contributed by atoms with Crippen molar-refractivity contribution < 1.29 is 5.11 Å². The summed E-state index contributed by atoms with van der Waals surface area (Å²) >= 11 is 0. The van der Waals surface area contributed by atoms with Crippen LogP contribution in [0.1, 0.15) is 13.3 Å². The second-order valence-electron chi connectivity index (χ2n) is 3.72. The molecule has 1 aliphatic heterocycles. The number of aliphatic hydroxyl groups is 1. The van der Waals surface area contributed by atoms with Gasteiger partial charge in [-0.2, -0.15) is 0 Å². The molecular formula is C8H16N2O. The topological polar surface area (TPSA) is 49.5 Å². The van der Waals surface area contributed by atoms with Gasteiger partial charge in [0.1, 0.15) is 0 Å².